The lowest BCUT2D eigenvalue weighted by molar-refractivity contribution is 0.519. The SMILES string of the molecule is Cc1ccc(-c2oc(Cc3ccccc3)nc2-c2ccc(S(C)(=O)=O)cc2)cc1. The Kier molecular flexibility index (Phi) is 5.07. The number of aryl methyl sites for hydroxylation is 1. The lowest BCUT2D eigenvalue weighted by Crippen LogP contribution is -1.96. The molecule has 0 saturated carbocycles. The highest BCUT2D eigenvalue weighted by Gasteiger charge is 2.18. The molecule has 0 saturated heterocycles. The van der Waals surface area contributed by atoms with Gasteiger partial charge in [0, 0.05) is 23.8 Å². The van der Waals surface area contributed by atoms with Crippen molar-refractivity contribution in [2.24, 2.45) is 0 Å². The maximum absolute atomic E-state index is 11.8. The molecule has 0 aliphatic heterocycles. The number of aromatic nitrogens is 1. The molecule has 5 heteroatoms. The largest absolute Gasteiger partial charge is 0.440 e. The lowest BCUT2D eigenvalue weighted by atomic mass is 10.0. The molecule has 0 unspecified atom stereocenters. The Bertz CT molecular complexity index is 1220. The van der Waals surface area contributed by atoms with Crippen LogP contribution in [0.4, 0.5) is 0 Å². The number of rotatable bonds is 5. The van der Waals surface area contributed by atoms with Crippen molar-refractivity contribution in [2.45, 2.75) is 18.2 Å². The molecule has 146 valence electrons. The normalized spacial score (nSPS) is 11.5. The van der Waals surface area contributed by atoms with Crippen LogP contribution in [-0.4, -0.2) is 19.7 Å². The number of nitrogens with zero attached hydrogens (tertiary/aromatic N) is 1. The Labute approximate surface area is 170 Å². The zero-order valence-corrected chi connectivity index (χ0v) is 17.1. The number of hydrogen-bond acceptors (Lipinski definition) is 4. The number of sulfone groups is 1. The van der Waals surface area contributed by atoms with Crippen LogP contribution in [0.15, 0.2) is 88.2 Å². The van der Waals surface area contributed by atoms with Crippen LogP contribution in [0, 0.1) is 6.92 Å². The van der Waals surface area contributed by atoms with Crippen LogP contribution < -0.4 is 0 Å². The van der Waals surface area contributed by atoms with Gasteiger partial charge in [0.1, 0.15) is 5.69 Å². The third kappa shape index (κ3) is 4.30. The Morgan fingerprint density at radius 1 is 0.828 bits per heavy atom. The van der Waals surface area contributed by atoms with Gasteiger partial charge in [-0.1, -0.05) is 72.3 Å². The summed E-state index contributed by atoms with van der Waals surface area (Å²) >= 11 is 0. The molecule has 0 aliphatic rings. The molecular weight excluding hydrogens is 382 g/mol. The van der Waals surface area contributed by atoms with Crippen molar-refractivity contribution < 1.29 is 12.8 Å². The Hall–Kier alpha value is -3.18. The molecule has 0 N–H and O–H groups in total. The topological polar surface area (TPSA) is 60.2 Å². The average Bonchev–Trinajstić information content (AvgIpc) is 3.12. The molecular formula is C24H21NO3S. The fourth-order valence-electron chi connectivity index (χ4n) is 3.17. The summed E-state index contributed by atoms with van der Waals surface area (Å²) in [7, 11) is -3.25. The van der Waals surface area contributed by atoms with Crippen LogP contribution in [-0.2, 0) is 16.3 Å². The van der Waals surface area contributed by atoms with Gasteiger partial charge in [0.25, 0.3) is 0 Å². The highest BCUT2D eigenvalue weighted by molar-refractivity contribution is 7.90. The standard InChI is InChI=1S/C24H21NO3S/c1-17-8-10-20(11-9-17)24-23(19-12-14-21(15-13-19)29(2,26)27)25-22(28-24)16-18-6-4-3-5-7-18/h3-15H,16H2,1-2H3. The third-order valence-corrected chi connectivity index (χ3v) is 5.87. The lowest BCUT2D eigenvalue weighted by Gasteiger charge is -2.04. The molecule has 1 heterocycles. The number of benzene rings is 3. The van der Waals surface area contributed by atoms with Crippen LogP contribution in [0.25, 0.3) is 22.6 Å². The van der Waals surface area contributed by atoms with Crippen molar-refractivity contribution in [2.75, 3.05) is 6.26 Å². The van der Waals surface area contributed by atoms with E-state index in [9.17, 15) is 8.42 Å². The molecule has 0 atom stereocenters. The highest BCUT2D eigenvalue weighted by atomic mass is 32.2. The molecule has 3 aromatic carbocycles. The van der Waals surface area contributed by atoms with Gasteiger partial charge in [-0.05, 0) is 24.6 Å². The molecule has 4 nitrogen and oxygen atoms in total. The second-order valence-corrected chi connectivity index (χ2v) is 9.13. The van der Waals surface area contributed by atoms with Crippen molar-refractivity contribution in [3.8, 4) is 22.6 Å². The van der Waals surface area contributed by atoms with Gasteiger partial charge in [0.2, 0.25) is 0 Å². The minimum atomic E-state index is -3.25. The summed E-state index contributed by atoms with van der Waals surface area (Å²) in [6, 6.07) is 24.9. The Balaban J connectivity index is 1.79. The Morgan fingerprint density at radius 3 is 2.07 bits per heavy atom. The first-order chi connectivity index (χ1) is 13.9. The van der Waals surface area contributed by atoms with Crippen LogP contribution in [0.1, 0.15) is 17.0 Å². The van der Waals surface area contributed by atoms with E-state index in [0.717, 1.165) is 22.3 Å². The van der Waals surface area contributed by atoms with Crippen molar-refractivity contribution in [1.82, 2.24) is 4.98 Å². The van der Waals surface area contributed by atoms with Gasteiger partial charge in [-0.3, -0.25) is 0 Å². The van der Waals surface area contributed by atoms with E-state index in [1.165, 1.54) is 6.26 Å². The highest BCUT2D eigenvalue weighted by Crippen LogP contribution is 2.34. The first kappa shape index (κ1) is 19.2. The monoisotopic (exact) mass is 403 g/mol. The number of oxazole rings is 1. The van der Waals surface area contributed by atoms with Gasteiger partial charge >= 0.3 is 0 Å². The van der Waals surface area contributed by atoms with E-state index in [-0.39, 0.29) is 4.90 Å². The summed E-state index contributed by atoms with van der Waals surface area (Å²) in [4.78, 5) is 5.03. The second kappa shape index (κ2) is 7.68. The zero-order valence-electron chi connectivity index (χ0n) is 16.3. The molecule has 0 aliphatic carbocycles. The first-order valence-corrected chi connectivity index (χ1v) is 11.2. The van der Waals surface area contributed by atoms with E-state index in [4.69, 9.17) is 9.40 Å². The summed E-state index contributed by atoms with van der Waals surface area (Å²) in [5.74, 6) is 1.30. The van der Waals surface area contributed by atoms with Crippen molar-refractivity contribution >= 4 is 9.84 Å². The third-order valence-electron chi connectivity index (χ3n) is 4.74. The maximum atomic E-state index is 11.8. The molecule has 0 fully saturated rings. The van der Waals surface area contributed by atoms with Crippen molar-refractivity contribution in [3.05, 3.63) is 95.9 Å². The first-order valence-electron chi connectivity index (χ1n) is 9.31. The maximum Gasteiger partial charge on any atom is 0.199 e. The van der Waals surface area contributed by atoms with E-state index >= 15 is 0 Å². The Morgan fingerprint density at radius 2 is 1.45 bits per heavy atom. The fraction of sp³-hybridized carbons (Fsp3) is 0.125. The van der Waals surface area contributed by atoms with Gasteiger partial charge in [0.05, 0.1) is 4.90 Å². The van der Waals surface area contributed by atoms with Gasteiger partial charge in [0.15, 0.2) is 21.5 Å². The molecule has 0 radical (unpaired) electrons. The summed E-state index contributed by atoms with van der Waals surface area (Å²) < 4.78 is 29.7. The van der Waals surface area contributed by atoms with Gasteiger partial charge in [-0.2, -0.15) is 0 Å². The molecule has 4 rings (SSSR count). The second-order valence-electron chi connectivity index (χ2n) is 7.11. The molecule has 4 aromatic rings. The molecule has 0 bridgehead atoms. The van der Waals surface area contributed by atoms with Crippen LogP contribution in [0.5, 0.6) is 0 Å². The molecule has 1 aromatic heterocycles. The fourth-order valence-corrected chi connectivity index (χ4v) is 3.80. The van der Waals surface area contributed by atoms with E-state index < -0.39 is 9.84 Å². The molecule has 0 amide bonds. The average molecular weight is 404 g/mol. The van der Waals surface area contributed by atoms with Gasteiger partial charge in [-0.25, -0.2) is 13.4 Å². The summed E-state index contributed by atoms with van der Waals surface area (Å²) in [5, 5.41) is 0. The smallest absolute Gasteiger partial charge is 0.199 e. The predicted octanol–water partition coefficient (Wildman–Crippen LogP) is 5.31. The van der Waals surface area contributed by atoms with E-state index in [0.29, 0.717) is 23.8 Å². The van der Waals surface area contributed by atoms with Crippen LogP contribution >= 0.6 is 0 Å². The minimum Gasteiger partial charge on any atom is -0.440 e. The quantitative estimate of drug-likeness (QED) is 0.453. The van der Waals surface area contributed by atoms with Crippen molar-refractivity contribution in [1.29, 1.82) is 0 Å². The predicted molar refractivity (Wildman–Crippen MR) is 114 cm³/mol. The minimum absolute atomic E-state index is 0.283. The molecule has 29 heavy (non-hydrogen) atoms. The van der Waals surface area contributed by atoms with Gasteiger partial charge in [-0.15, -0.1) is 0 Å². The molecule has 0 spiro atoms. The summed E-state index contributed by atoms with van der Waals surface area (Å²) in [6.45, 7) is 2.04. The summed E-state index contributed by atoms with van der Waals surface area (Å²) in [6.07, 6.45) is 1.79. The number of hydrogen-bond donors (Lipinski definition) is 0. The van der Waals surface area contributed by atoms with E-state index in [2.05, 4.69) is 0 Å². The van der Waals surface area contributed by atoms with Crippen molar-refractivity contribution in [3.63, 3.8) is 0 Å². The van der Waals surface area contributed by atoms with Gasteiger partial charge < -0.3 is 4.42 Å². The summed E-state index contributed by atoms with van der Waals surface area (Å²) in [5.41, 5.74) is 4.74. The van der Waals surface area contributed by atoms with Crippen LogP contribution in [0.3, 0.4) is 0 Å². The zero-order chi connectivity index (χ0) is 20.4. The van der Waals surface area contributed by atoms with Crippen LogP contribution in [0.2, 0.25) is 0 Å². The van der Waals surface area contributed by atoms with E-state index in [1.54, 1.807) is 24.3 Å². The van der Waals surface area contributed by atoms with E-state index in [1.807, 2.05) is 61.5 Å².